The van der Waals surface area contributed by atoms with Gasteiger partial charge in [0, 0.05) is 24.2 Å². The van der Waals surface area contributed by atoms with Crippen molar-refractivity contribution in [1.29, 1.82) is 0 Å². The highest BCUT2D eigenvalue weighted by molar-refractivity contribution is 7.91. The van der Waals surface area contributed by atoms with Crippen LogP contribution in [0.25, 0.3) is 11.4 Å². The quantitative estimate of drug-likeness (QED) is 0.530. The summed E-state index contributed by atoms with van der Waals surface area (Å²) in [6.45, 7) is -0.0280. The summed E-state index contributed by atoms with van der Waals surface area (Å²) in [6, 6.07) is 8.07. The van der Waals surface area contributed by atoms with Crippen molar-refractivity contribution in [3.05, 3.63) is 57.8 Å². The summed E-state index contributed by atoms with van der Waals surface area (Å²) in [7, 11) is -2.41. The van der Waals surface area contributed by atoms with Crippen LogP contribution >= 0.6 is 34.7 Å². The van der Waals surface area contributed by atoms with Crippen molar-refractivity contribution in [2.45, 2.75) is 4.90 Å². The van der Waals surface area contributed by atoms with Crippen LogP contribution in [-0.4, -0.2) is 43.2 Å². The van der Waals surface area contributed by atoms with E-state index in [0.29, 0.717) is 11.4 Å². The fourth-order valence-corrected chi connectivity index (χ4v) is 5.17. The molecule has 1 heterocycles. The summed E-state index contributed by atoms with van der Waals surface area (Å²) in [5.41, 5.74) is 0.366. The van der Waals surface area contributed by atoms with E-state index in [9.17, 15) is 17.6 Å². The molecule has 0 saturated carbocycles. The molecule has 7 nitrogen and oxygen atoms in total. The Balaban J connectivity index is 1.87. The first-order valence-corrected chi connectivity index (χ1v) is 11.5. The van der Waals surface area contributed by atoms with Gasteiger partial charge in [-0.15, -0.1) is 0 Å². The van der Waals surface area contributed by atoms with Crippen molar-refractivity contribution in [3.8, 4) is 11.4 Å². The van der Waals surface area contributed by atoms with Gasteiger partial charge >= 0.3 is 0 Å². The lowest BCUT2D eigenvalue weighted by atomic mass is 10.2. The maximum Gasteiger partial charge on any atom is 0.260 e. The average molecular weight is 490 g/mol. The third-order valence-electron chi connectivity index (χ3n) is 3.92. The first-order valence-electron chi connectivity index (χ1n) is 8.33. The molecule has 1 aromatic heterocycles. The monoisotopic (exact) mass is 489 g/mol. The Morgan fingerprint density at radius 3 is 2.57 bits per heavy atom. The van der Waals surface area contributed by atoms with E-state index in [4.69, 9.17) is 27.9 Å². The second-order valence-corrected chi connectivity index (χ2v) is 9.54. The molecule has 158 valence electrons. The molecule has 0 aliphatic carbocycles. The van der Waals surface area contributed by atoms with Crippen molar-refractivity contribution >= 4 is 55.6 Å². The van der Waals surface area contributed by atoms with Gasteiger partial charge in [0.1, 0.15) is 5.82 Å². The molecule has 0 aliphatic rings. The molecule has 1 amide bonds. The van der Waals surface area contributed by atoms with E-state index >= 15 is 0 Å². The van der Waals surface area contributed by atoms with Gasteiger partial charge in [-0.2, -0.15) is 9.36 Å². The van der Waals surface area contributed by atoms with Gasteiger partial charge in [-0.1, -0.05) is 23.2 Å². The Bertz CT molecular complexity index is 1180. The highest BCUT2D eigenvalue weighted by Crippen LogP contribution is 2.33. The van der Waals surface area contributed by atoms with Gasteiger partial charge in [0.15, 0.2) is 15.7 Å². The number of sulfone groups is 1. The zero-order chi connectivity index (χ0) is 21.9. The van der Waals surface area contributed by atoms with E-state index in [1.54, 1.807) is 0 Å². The van der Waals surface area contributed by atoms with Crippen LogP contribution in [0.2, 0.25) is 10.0 Å². The average Bonchev–Trinajstić information content (AvgIpc) is 3.15. The van der Waals surface area contributed by atoms with Crippen LogP contribution in [0.1, 0.15) is 10.4 Å². The zero-order valence-corrected chi connectivity index (χ0v) is 18.5. The van der Waals surface area contributed by atoms with Crippen LogP contribution in [0, 0.1) is 5.82 Å². The third-order valence-corrected chi connectivity index (χ3v) is 7.09. The Kier molecular flexibility index (Phi) is 7.04. The number of amides is 1. The Morgan fingerprint density at radius 2 is 1.90 bits per heavy atom. The van der Waals surface area contributed by atoms with Gasteiger partial charge in [-0.05, 0) is 36.4 Å². The van der Waals surface area contributed by atoms with Gasteiger partial charge in [0.25, 0.3) is 5.91 Å². The molecule has 0 spiro atoms. The van der Waals surface area contributed by atoms with Gasteiger partial charge in [0.05, 0.1) is 32.9 Å². The van der Waals surface area contributed by atoms with Crippen LogP contribution in [0.3, 0.4) is 0 Å². The molecule has 3 rings (SSSR count). The summed E-state index contributed by atoms with van der Waals surface area (Å²) >= 11 is 13.2. The number of nitrogens with zero attached hydrogens (tertiary/aromatic N) is 2. The minimum Gasteiger partial charge on any atom is -0.384 e. The lowest BCUT2D eigenvalue weighted by Gasteiger charge is -2.11. The number of anilines is 1. The van der Waals surface area contributed by atoms with Crippen LogP contribution in [0.5, 0.6) is 0 Å². The predicted octanol–water partition coefficient (Wildman–Crippen LogP) is 4.32. The topological polar surface area (TPSA) is 98.2 Å². The molecule has 30 heavy (non-hydrogen) atoms. The molecule has 0 radical (unpaired) electrons. The summed E-state index contributed by atoms with van der Waals surface area (Å²) in [5.74, 6) is -1.14. The van der Waals surface area contributed by atoms with Crippen molar-refractivity contribution in [2.24, 2.45) is 0 Å². The van der Waals surface area contributed by atoms with E-state index in [-0.39, 0.29) is 38.0 Å². The number of nitrogens with one attached hydrogen (secondary N) is 1. The first kappa shape index (κ1) is 22.6. The van der Waals surface area contributed by atoms with E-state index < -0.39 is 21.6 Å². The van der Waals surface area contributed by atoms with E-state index in [1.165, 1.54) is 43.5 Å². The van der Waals surface area contributed by atoms with Crippen LogP contribution < -0.4 is 5.32 Å². The lowest BCUT2D eigenvalue weighted by Crippen LogP contribution is -2.17. The second kappa shape index (κ2) is 9.36. The summed E-state index contributed by atoms with van der Waals surface area (Å²) < 4.78 is 46.9. The molecular formula is C18H14Cl2FN3O4S2. The number of ether oxygens (including phenoxy) is 1. The van der Waals surface area contributed by atoms with Crippen LogP contribution in [-0.2, 0) is 14.6 Å². The van der Waals surface area contributed by atoms with Crippen molar-refractivity contribution in [2.75, 3.05) is 24.8 Å². The number of rotatable bonds is 7. The normalized spacial score (nSPS) is 11.5. The van der Waals surface area contributed by atoms with Crippen LogP contribution in [0.15, 0.2) is 41.3 Å². The largest absolute Gasteiger partial charge is 0.384 e. The number of aromatic nitrogens is 2. The Morgan fingerprint density at radius 1 is 1.20 bits per heavy atom. The molecule has 1 N–H and O–H groups in total. The van der Waals surface area contributed by atoms with E-state index in [2.05, 4.69) is 14.7 Å². The molecule has 3 aromatic rings. The van der Waals surface area contributed by atoms with Gasteiger partial charge < -0.3 is 4.74 Å². The summed E-state index contributed by atoms with van der Waals surface area (Å²) in [5, 5.41) is 2.33. The van der Waals surface area contributed by atoms with Crippen molar-refractivity contribution in [3.63, 3.8) is 0 Å². The molecule has 0 atom stereocenters. The first-order chi connectivity index (χ1) is 14.2. The van der Waals surface area contributed by atoms with Gasteiger partial charge in [0.2, 0.25) is 5.13 Å². The second-order valence-electron chi connectivity index (χ2n) is 5.93. The minimum atomic E-state index is -3.79. The molecule has 0 bridgehead atoms. The number of carbonyl (C=O) groups excluding carboxylic acids is 1. The van der Waals surface area contributed by atoms with E-state index in [1.807, 2.05) is 0 Å². The molecule has 12 heteroatoms. The summed E-state index contributed by atoms with van der Waals surface area (Å²) in [4.78, 5) is 16.7. The number of hydrogen-bond acceptors (Lipinski definition) is 7. The molecular weight excluding hydrogens is 476 g/mol. The highest BCUT2D eigenvalue weighted by Gasteiger charge is 2.25. The fraction of sp³-hybridized carbons (Fsp3) is 0.167. The molecule has 2 aromatic carbocycles. The van der Waals surface area contributed by atoms with E-state index in [0.717, 1.165) is 11.5 Å². The SMILES string of the molecule is COCCS(=O)(=O)c1ccc(Cl)c(C(=O)Nc2nc(-c3ccc(F)cc3)ns2)c1Cl. The third kappa shape index (κ3) is 4.96. The van der Waals surface area contributed by atoms with Crippen molar-refractivity contribution < 1.29 is 22.3 Å². The lowest BCUT2D eigenvalue weighted by molar-refractivity contribution is 0.102. The standard InChI is InChI=1S/C18H14Cl2FN3O4S2/c1-28-8-9-30(26,27)13-7-6-12(19)14(15(13)20)17(25)23-18-22-16(24-29-18)10-2-4-11(21)5-3-10/h2-7H,8-9H2,1H3,(H,22,23,24,25). The summed E-state index contributed by atoms with van der Waals surface area (Å²) in [6.07, 6.45) is 0. The number of halogens is 3. The highest BCUT2D eigenvalue weighted by atomic mass is 35.5. The van der Waals surface area contributed by atoms with Gasteiger partial charge in [-0.25, -0.2) is 12.8 Å². The molecule has 0 unspecified atom stereocenters. The molecule has 0 saturated heterocycles. The molecule has 0 fully saturated rings. The maximum absolute atomic E-state index is 13.1. The predicted molar refractivity (Wildman–Crippen MR) is 114 cm³/mol. The Labute approximate surface area is 185 Å². The van der Waals surface area contributed by atoms with Gasteiger partial charge in [-0.3, -0.25) is 10.1 Å². The minimum absolute atomic E-state index is 0.0218. The Hall–Kier alpha value is -2.11. The number of carbonyl (C=O) groups is 1. The van der Waals surface area contributed by atoms with Crippen molar-refractivity contribution in [1.82, 2.24) is 9.36 Å². The van der Waals surface area contributed by atoms with Crippen LogP contribution in [0.4, 0.5) is 9.52 Å². The smallest absolute Gasteiger partial charge is 0.260 e. The zero-order valence-electron chi connectivity index (χ0n) is 15.4. The number of methoxy groups -OCH3 is 1. The maximum atomic E-state index is 13.1. The number of hydrogen-bond donors (Lipinski definition) is 1. The molecule has 0 aliphatic heterocycles. The fourth-order valence-electron chi connectivity index (χ4n) is 2.43. The number of benzene rings is 2.